The fraction of sp³-hybridized carbons (Fsp3) is 0.222. The van der Waals surface area contributed by atoms with E-state index in [-0.39, 0.29) is 0 Å². The van der Waals surface area contributed by atoms with Crippen LogP contribution >= 0.6 is 0 Å². The number of nitrogens with zero attached hydrogens (tertiary/aromatic N) is 1. The zero-order valence-corrected chi connectivity index (χ0v) is 6.87. The molecule has 0 saturated heterocycles. The van der Waals surface area contributed by atoms with Crippen molar-refractivity contribution in [2.45, 2.75) is 0 Å². The highest BCUT2D eigenvalue weighted by Crippen LogP contribution is 2.06. The van der Waals surface area contributed by atoms with E-state index in [4.69, 9.17) is 10.5 Å². The highest BCUT2D eigenvalue weighted by molar-refractivity contribution is 5.31. The van der Waals surface area contributed by atoms with Crippen LogP contribution in [0.4, 0.5) is 0 Å². The molecule has 3 nitrogen and oxygen atoms in total. The molecule has 0 bridgehead atoms. The van der Waals surface area contributed by atoms with Crippen LogP contribution in [-0.2, 0) is 0 Å². The Morgan fingerprint density at radius 1 is 1.58 bits per heavy atom. The Morgan fingerprint density at radius 3 is 2.92 bits per heavy atom. The van der Waals surface area contributed by atoms with Crippen LogP contribution in [0.5, 0.6) is 5.75 Å². The number of hydrogen-bond donors (Lipinski definition) is 1. The van der Waals surface area contributed by atoms with Gasteiger partial charge < -0.3 is 10.5 Å². The fourth-order valence-corrected chi connectivity index (χ4v) is 0.717. The molecule has 0 aliphatic carbocycles. The lowest BCUT2D eigenvalue weighted by Crippen LogP contribution is -1.93. The van der Waals surface area contributed by atoms with Gasteiger partial charge in [0, 0.05) is 0 Å². The van der Waals surface area contributed by atoms with E-state index in [9.17, 15) is 0 Å². The Labute approximate surface area is 71.6 Å². The lowest BCUT2D eigenvalue weighted by atomic mass is 10.3. The van der Waals surface area contributed by atoms with Crippen molar-refractivity contribution in [3.05, 3.63) is 24.0 Å². The maximum atomic E-state index is 5.21. The molecule has 0 aromatic carbocycles. The second-order valence-corrected chi connectivity index (χ2v) is 2.09. The Morgan fingerprint density at radius 2 is 2.42 bits per heavy atom. The number of nitrogens with two attached hydrogens (primary N) is 1. The monoisotopic (exact) mass is 162 g/mol. The number of aromatic nitrogens is 1. The molecule has 0 atom stereocenters. The first-order chi connectivity index (χ1) is 5.86. The van der Waals surface area contributed by atoms with E-state index in [1.165, 1.54) is 0 Å². The van der Waals surface area contributed by atoms with E-state index in [1.54, 1.807) is 19.4 Å². The lowest BCUT2D eigenvalue weighted by molar-refractivity contribution is 0.413. The van der Waals surface area contributed by atoms with Gasteiger partial charge in [-0.1, -0.05) is 5.92 Å². The first-order valence-electron chi connectivity index (χ1n) is 3.56. The van der Waals surface area contributed by atoms with Gasteiger partial charge in [0.1, 0.15) is 11.4 Å². The summed E-state index contributed by atoms with van der Waals surface area (Å²) in [5.74, 6) is 6.26. The third-order valence-corrected chi connectivity index (χ3v) is 1.29. The Hall–Kier alpha value is -1.53. The average molecular weight is 162 g/mol. The van der Waals surface area contributed by atoms with Gasteiger partial charge in [-0.2, -0.15) is 0 Å². The molecule has 12 heavy (non-hydrogen) atoms. The maximum Gasteiger partial charge on any atom is 0.137 e. The third-order valence-electron chi connectivity index (χ3n) is 1.29. The molecule has 0 aliphatic heterocycles. The van der Waals surface area contributed by atoms with E-state index >= 15 is 0 Å². The summed E-state index contributed by atoms with van der Waals surface area (Å²) in [7, 11) is 1.60. The summed E-state index contributed by atoms with van der Waals surface area (Å²) >= 11 is 0. The smallest absolute Gasteiger partial charge is 0.137 e. The first kappa shape index (κ1) is 8.57. The number of hydrogen-bond acceptors (Lipinski definition) is 3. The van der Waals surface area contributed by atoms with E-state index in [1.807, 2.05) is 6.07 Å². The van der Waals surface area contributed by atoms with E-state index in [2.05, 4.69) is 16.8 Å². The number of ether oxygens (including phenoxy) is 1. The molecule has 0 saturated carbocycles. The summed E-state index contributed by atoms with van der Waals surface area (Å²) in [6.07, 6.45) is 1.63. The second-order valence-electron chi connectivity index (χ2n) is 2.09. The molecule has 0 radical (unpaired) electrons. The molecule has 2 N–H and O–H groups in total. The van der Waals surface area contributed by atoms with Crippen molar-refractivity contribution in [1.82, 2.24) is 4.98 Å². The van der Waals surface area contributed by atoms with Crippen LogP contribution in [0.1, 0.15) is 5.69 Å². The normalized spacial score (nSPS) is 8.50. The molecule has 62 valence electrons. The molecule has 0 unspecified atom stereocenters. The van der Waals surface area contributed by atoms with Crippen LogP contribution in [0.15, 0.2) is 18.3 Å². The summed E-state index contributed by atoms with van der Waals surface area (Å²) in [6.45, 7) is 0.355. The van der Waals surface area contributed by atoms with Gasteiger partial charge in [0.05, 0.1) is 19.9 Å². The second kappa shape index (κ2) is 4.37. The molecule has 3 heteroatoms. The van der Waals surface area contributed by atoms with Crippen molar-refractivity contribution in [3.8, 4) is 17.6 Å². The zero-order valence-electron chi connectivity index (χ0n) is 6.87. The van der Waals surface area contributed by atoms with Gasteiger partial charge in [-0.3, -0.25) is 0 Å². The molecule has 1 aromatic rings. The van der Waals surface area contributed by atoms with Crippen LogP contribution in [0.3, 0.4) is 0 Å². The molecular weight excluding hydrogens is 152 g/mol. The van der Waals surface area contributed by atoms with Crippen LogP contribution in [0.2, 0.25) is 0 Å². The third kappa shape index (κ3) is 2.26. The van der Waals surface area contributed by atoms with Crippen molar-refractivity contribution in [2.75, 3.05) is 13.7 Å². The van der Waals surface area contributed by atoms with Gasteiger partial charge in [0.25, 0.3) is 0 Å². The largest absolute Gasteiger partial charge is 0.495 e. The topological polar surface area (TPSA) is 48.1 Å². The minimum atomic E-state index is 0.355. The molecule has 0 fully saturated rings. The standard InChI is InChI=1S/C9H10N2O/c1-12-9-5-4-8(11-7-9)3-2-6-10/h4-5,7H,6,10H2,1H3. The predicted molar refractivity (Wildman–Crippen MR) is 46.7 cm³/mol. The summed E-state index contributed by atoms with van der Waals surface area (Å²) < 4.78 is 4.94. The quantitative estimate of drug-likeness (QED) is 0.608. The Kier molecular flexibility index (Phi) is 3.12. The van der Waals surface area contributed by atoms with Gasteiger partial charge in [-0.05, 0) is 18.1 Å². The first-order valence-corrected chi connectivity index (χ1v) is 3.56. The van der Waals surface area contributed by atoms with Crippen LogP contribution in [0, 0.1) is 11.8 Å². The molecule has 0 amide bonds. The summed E-state index contributed by atoms with van der Waals surface area (Å²) in [6, 6.07) is 3.61. The number of methoxy groups -OCH3 is 1. The van der Waals surface area contributed by atoms with E-state index in [0.29, 0.717) is 12.2 Å². The van der Waals surface area contributed by atoms with Crippen molar-refractivity contribution in [1.29, 1.82) is 0 Å². The van der Waals surface area contributed by atoms with Crippen molar-refractivity contribution in [3.63, 3.8) is 0 Å². The lowest BCUT2D eigenvalue weighted by Gasteiger charge is -1.96. The Balaban J connectivity index is 2.78. The van der Waals surface area contributed by atoms with E-state index < -0.39 is 0 Å². The minimum Gasteiger partial charge on any atom is -0.495 e. The predicted octanol–water partition coefficient (Wildman–Crippen LogP) is 0.400. The van der Waals surface area contributed by atoms with E-state index in [0.717, 1.165) is 5.75 Å². The summed E-state index contributed by atoms with van der Waals surface area (Å²) in [5, 5.41) is 0. The van der Waals surface area contributed by atoms with Crippen LogP contribution < -0.4 is 10.5 Å². The fourth-order valence-electron chi connectivity index (χ4n) is 0.717. The number of rotatable bonds is 1. The SMILES string of the molecule is COc1ccc(C#CCN)nc1. The highest BCUT2D eigenvalue weighted by Gasteiger charge is 1.90. The van der Waals surface area contributed by atoms with Gasteiger partial charge in [0.15, 0.2) is 0 Å². The van der Waals surface area contributed by atoms with Crippen molar-refractivity contribution >= 4 is 0 Å². The summed E-state index contributed by atoms with van der Waals surface area (Å²) in [4.78, 5) is 4.03. The van der Waals surface area contributed by atoms with Gasteiger partial charge >= 0.3 is 0 Å². The van der Waals surface area contributed by atoms with Gasteiger partial charge in [-0.15, -0.1) is 0 Å². The molecule has 1 aromatic heterocycles. The number of pyridine rings is 1. The molecule has 1 heterocycles. The molecule has 0 aliphatic rings. The zero-order chi connectivity index (χ0) is 8.81. The molecule has 0 spiro atoms. The van der Waals surface area contributed by atoms with Gasteiger partial charge in [0.2, 0.25) is 0 Å². The maximum absolute atomic E-state index is 5.21. The molecule has 1 rings (SSSR count). The molecular formula is C9H10N2O. The average Bonchev–Trinajstić information content (AvgIpc) is 2.15. The van der Waals surface area contributed by atoms with Crippen molar-refractivity contribution < 1.29 is 4.74 Å². The van der Waals surface area contributed by atoms with Crippen LogP contribution in [-0.4, -0.2) is 18.6 Å². The highest BCUT2D eigenvalue weighted by atomic mass is 16.5. The Bertz CT molecular complexity index is 295. The van der Waals surface area contributed by atoms with Crippen molar-refractivity contribution in [2.24, 2.45) is 5.73 Å². The van der Waals surface area contributed by atoms with Gasteiger partial charge in [-0.25, -0.2) is 4.98 Å². The minimum absolute atomic E-state index is 0.355. The summed E-state index contributed by atoms with van der Waals surface area (Å²) in [5.41, 5.74) is 5.92. The van der Waals surface area contributed by atoms with Crippen LogP contribution in [0.25, 0.3) is 0 Å².